The average Bonchev–Trinajstić information content (AvgIpc) is 1.37. The first-order chi connectivity index (χ1) is 1.91. The van der Waals surface area contributed by atoms with E-state index in [1.807, 2.05) is 0 Å². The van der Waals surface area contributed by atoms with E-state index in [9.17, 15) is 0 Å². The molecule has 0 atom stereocenters. The minimum atomic E-state index is 0. The first-order valence-electron chi connectivity index (χ1n) is 0.921. The Hall–Kier alpha value is -0.173. The minimum absolute atomic E-state index is 0. The molecular weight excluding hydrogens is 57.0 g/mol. The zero-order valence-corrected chi connectivity index (χ0v) is 2.23. The molecule has 0 N–H and O–H groups in total. The van der Waals surface area contributed by atoms with Gasteiger partial charge in [0.15, 0.2) is 0 Å². The van der Waals surface area contributed by atoms with Crippen LogP contribution in [-0.4, -0.2) is 18.9 Å². The summed E-state index contributed by atoms with van der Waals surface area (Å²) < 4.78 is 0. The average molecular weight is 61.0 g/mol. The summed E-state index contributed by atoms with van der Waals surface area (Å²) in [4.78, 5) is 0. The van der Waals surface area contributed by atoms with Gasteiger partial charge in [0.05, 0.1) is 6.07 Å². The summed E-state index contributed by atoms with van der Waals surface area (Å²) in [5.41, 5.74) is 0. The number of hydrogen-bond donors (Lipinski definition) is 0. The van der Waals surface area contributed by atoms with Crippen molar-refractivity contribution in [2.45, 2.75) is 0 Å². The van der Waals surface area contributed by atoms with E-state index in [0.29, 0.717) is 0 Å². The van der Waals surface area contributed by atoms with Crippen LogP contribution in [0.25, 0.3) is 0 Å². The molecule has 0 aliphatic carbocycles. The predicted octanol–water partition coefficient (Wildman–Crippen LogP) is 0.0475. The first kappa shape index (κ1) is 8.85. The Morgan fingerprint density at radius 1 is 1.80 bits per heavy atom. The Bertz CT molecular complexity index is 52.4. The molecule has 0 bridgehead atoms. The molecule has 0 aromatic heterocycles. The number of allylic oxidation sites excluding steroid dienone is 1. The van der Waals surface area contributed by atoms with Gasteiger partial charge in [0.25, 0.3) is 0 Å². The fourth-order valence-electron chi connectivity index (χ4n) is 0. The molecule has 0 saturated carbocycles. The molecule has 0 aliphatic rings. The van der Waals surface area contributed by atoms with Gasteiger partial charge in [-0.3, -0.25) is 0 Å². The van der Waals surface area contributed by atoms with Crippen LogP contribution >= 0.6 is 0 Å². The Morgan fingerprint density at radius 3 is 2.00 bits per heavy atom. The second-order valence-electron chi connectivity index (χ2n) is 0.333. The van der Waals surface area contributed by atoms with Gasteiger partial charge in [-0.05, 0) is 0 Å². The van der Waals surface area contributed by atoms with Gasteiger partial charge in [0.2, 0.25) is 0 Å². The third kappa shape index (κ3) is 18.7. The summed E-state index contributed by atoms with van der Waals surface area (Å²) in [7, 11) is 0. The molecule has 0 aromatic rings. The van der Waals surface area contributed by atoms with Gasteiger partial charge in [0, 0.05) is 6.08 Å². The van der Waals surface area contributed by atoms with Crippen LogP contribution in [0.2, 0.25) is 0 Å². The van der Waals surface area contributed by atoms with Crippen LogP contribution in [0.1, 0.15) is 0 Å². The summed E-state index contributed by atoms with van der Waals surface area (Å²) in [5, 5.41) is 7.51. The number of hydrogen-bond acceptors (Lipinski definition) is 1. The molecule has 0 rings (SSSR count). The van der Waals surface area contributed by atoms with E-state index >= 15 is 0 Å². The second-order valence-corrected chi connectivity index (χ2v) is 0.333. The van der Waals surface area contributed by atoms with Crippen LogP contribution in [0, 0.1) is 11.3 Å². The van der Waals surface area contributed by atoms with Crippen LogP contribution < -0.4 is 0 Å². The molecular formula is C3H4LiN. The third-order valence-corrected chi connectivity index (χ3v) is 0.0913. The monoisotopic (exact) mass is 61.1 g/mol. The molecule has 22 valence electrons. The van der Waals surface area contributed by atoms with Crippen molar-refractivity contribution in [1.82, 2.24) is 0 Å². The number of nitriles is 1. The van der Waals surface area contributed by atoms with E-state index in [1.54, 1.807) is 6.07 Å². The molecule has 0 fully saturated rings. The molecule has 0 saturated heterocycles. The van der Waals surface area contributed by atoms with Crippen molar-refractivity contribution in [3.05, 3.63) is 12.7 Å². The van der Waals surface area contributed by atoms with Crippen LogP contribution in [0.15, 0.2) is 12.7 Å². The van der Waals surface area contributed by atoms with E-state index in [2.05, 4.69) is 6.58 Å². The van der Waals surface area contributed by atoms with Crippen molar-refractivity contribution >= 4 is 18.9 Å². The van der Waals surface area contributed by atoms with Crippen molar-refractivity contribution < 1.29 is 0 Å². The number of rotatable bonds is 0. The molecule has 1 nitrogen and oxygen atoms in total. The standard InChI is InChI=1S/C3H3N.Li.H/c1-2-3-4;;/h2H,1H2;;. The van der Waals surface area contributed by atoms with Gasteiger partial charge in [-0.25, -0.2) is 0 Å². The summed E-state index contributed by atoms with van der Waals surface area (Å²) in [6, 6.07) is 1.69. The van der Waals surface area contributed by atoms with Crippen LogP contribution in [0.4, 0.5) is 0 Å². The van der Waals surface area contributed by atoms with E-state index in [1.165, 1.54) is 6.08 Å². The maximum absolute atomic E-state index is 7.51. The van der Waals surface area contributed by atoms with Crippen LogP contribution in [0.5, 0.6) is 0 Å². The third-order valence-electron chi connectivity index (χ3n) is 0.0913. The second kappa shape index (κ2) is 9.16. The van der Waals surface area contributed by atoms with Crippen molar-refractivity contribution in [3.8, 4) is 6.07 Å². The molecule has 0 aliphatic heterocycles. The van der Waals surface area contributed by atoms with Gasteiger partial charge < -0.3 is 0 Å². The molecule has 0 aromatic carbocycles. The van der Waals surface area contributed by atoms with Gasteiger partial charge in [-0.2, -0.15) is 5.26 Å². The van der Waals surface area contributed by atoms with Gasteiger partial charge in [0.1, 0.15) is 0 Å². The van der Waals surface area contributed by atoms with Crippen molar-refractivity contribution in [1.29, 1.82) is 5.26 Å². The molecule has 0 heterocycles. The molecule has 0 unspecified atom stereocenters. The quantitative estimate of drug-likeness (QED) is 0.286. The van der Waals surface area contributed by atoms with E-state index in [4.69, 9.17) is 5.26 Å². The van der Waals surface area contributed by atoms with Crippen LogP contribution in [0.3, 0.4) is 0 Å². The van der Waals surface area contributed by atoms with E-state index < -0.39 is 0 Å². The summed E-state index contributed by atoms with van der Waals surface area (Å²) in [5.74, 6) is 0. The summed E-state index contributed by atoms with van der Waals surface area (Å²) in [6.07, 6.45) is 1.18. The summed E-state index contributed by atoms with van der Waals surface area (Å²) >= 11 is 0. The van der Waals surface area contributed by atoms with Gasteiger partial charge in [-0.15, -0.1) is 0 Å². The topological polar surface area (TPSA) is 23.8 Å². The van der Waals surface area contributed by atoms with E-state index in [-0.39, 0.29) is 18.9 Å². The van der Waals surface area contributed by atoms with Crippen molar-refractivity contribution in [2.75, 3.05) is 0 Å². The number of nitrogens with zero attached hydrogens (tertiary/aromatic N) is 1. The SMILES string of the molecule is C=CC#N.[LiH]. The predicted molar refractivity (Wildman–Crippen MR) is 23.0 cm³/mol. The van der Waals surface area contributed by atoms with Gasteiger partial charge in [-0.1, -0.05) is 6.58 Å². The fourth-order valence-corrected chi connectivity index (χ4v) is 0. The molecule has 2 heteroatoms. The zero-order valence-electron chi connectivity index (χ0n) is 2.23. The van der Waals surface area contributed by atoms with Crippen LogP contribution in [-0.2, 0) is 0 Å². The van der Waals surface area contributed by atoms with Gasteiger partial charge >= 0.3 is 18.9 Å². The molecule has 0 radical (unpaired) electrons. The normalized spacial score (nSPS) is 3.00. The Labute approximate surface area is 43.5 Å². The maximum atomic E-state index is 7.51. The molecule has 0 amide bonds. The zero-order chi connectivity index (χ0) is 3.41. The molecule has 0 spiro atoms. The fraction of sp³-hybridized carbons (Fsp3) is 0. The Kier molecular flexibility index (Phi) is 16.2. The Balaban J connectivity index is 0. The molecule has 5 heavy (non-hydrogen) atoms. The van der Waals surface area contributed by atoms with E-state index in [0.717, 1.165) is 0 Å². The van der Waals surface area contributed by atoms with Crippen molar-refractivity contribution in [2.24, 2.45) is 0 Å². The Morgan fingerprint density at radius 2 is 2.00 bits per heavy atom. The summed E-state index contributed by atoms with van der Waals surface area (Å²) in [6.45, 7) is 3.12. The first-order valence-corrected chi connectivity index (χ1v) is 0.921. The van der Waals surface area contributed by atoms with Crippen molar-refractivity contribution in [3.63, 3.8) is 0 Å².